The number of halogens is 3. The van der Waals surface area contributed by atoms with Crippen molar-refractivity contribution in [2.75, 3.05) is 0 Å². The van der Waals surface area contributed by atoms with E-state index < -0.39 is 11.9 Å². The fourth-order valence-corrected chi connectivity index (χ4v) is 3.07. The normalized spacial score (nSPS) is 12.0. The maximum atomic E-state index is 12.9. The van der Waals surface area contributed by atoms with E-state index in [2.05, 4.69) is 9.97 Å². The molecule has 2 aromatic heterocycles. The first-order valence-electron chi connectivity index (χ1n) is 6.12. The summed E-state index contributed by atoms with van der Waals surface area (Å²) in [5.41, 5.74) is 4.93. The van der Waals surface area contributed by atoms with Crippen molar-refractivity contribution in [1.29, 1.82) is 0 Å². The van der Waals surface area contributed by atoms with E-state index in [1.807, 2.05) is 24.3 Å². The zero-order valence-electron chi connectivity index (χ0n) is 10.7. The van der Waals surface area contributed by atoms with Gasteiger partial charge in [-0.3, -0.25) is 4.98 Å². The zero-order chi connectivity index (χ0) is 15.0. The molecular weight excluding hydrogens is 299 g/mol. The van der Waals surface area contributed by atoms with Crippen LogP contribution >= 0.6 is 11.3 Å². The number of hydrogen-bond acceptors (Lipinski definition) is 4. The van der Waals surface area contributed by atoms with E-state index in [1.54, 1.807) is 12.3 Å². The zero-order valence-corrected chi connectivity index (χ0v) is 11.5. The summed E-state index contributed by atoms with van der Waals surface area (Å²) >= 11 is 0.936. The maximum Gasteiger partial charge on any atom is 0.434 e. The van der Waals surface area contributed by atoms with Crippen LogP contribution < -0.4 is 5.73 Å². The highest BCUT2D eigenvalue weighted by molar-refractivity contribution is 7.15. The highest BCUT2D eigenvalue weighted by Gasteiger charge is 2.37. The Bertz CT molecular complexity index is 790. The van der Waals surface area contributed by atoms with Crippen LogP contribution in [0.4, 0.5) is 13.2 Å². The number of nitrogens with zero attached hydrogens (tertiary/aromatic N) is 2. The molecule has 3 aromatic rings. The molecule has 0 saturated heterocycles. The standard InChI is InChI=1S/C14H10F3N3S/c15-14(16,17)12-10(7-18)21-13(20-12)11-9-4-2-1-3-8(9)5-6-19-11/h1-6H,7,18H2. The predicted octanol–water partition coefficient (Wildman–Crippen LogP) is 3.84. The van der Waals surface area contributed by atoms with Crippen LogP contribution in [0, 0.1) is 0 Å². The van der Waals surface area contributed by atoms with E-state index in [9.17, 15) is 13.2 Å². The van der Waals surface area contributed by atoms with Gasteiger partial charge in [0.15, 0.2) is 5.69 Å². The van der Waals surface area contributed by atoms with Gasteiger partial charge in [-0.2, -0.15) is 13.2 Å². The molecule has 0 bridgehead atoms. The van der Waals surface area contributed by atoms with E-state index in [-0.39, 0.29) is 16.4 Å². The van der Waals surface area contributed by atoms with E-state index >= 15 is 0 Å². The van der Waals surface area contributed by atoms with Gasteiger partial charge in [0.25, 0.3) is 0 Å². The van der Waals surface area contributed by atoms with Crippen LogP contribution in [0.2, 0.25) is 0 Å². The van der Waals surface area contributed by atoms with Crippen LogP contribution in [0.1, 0.15) is 10.6 Å². The molecule has 0 radical (unpaired) electrons. The van der Waals surface area contributed by atoms with Crippen LogP contribution in [-0.4, -0.2) is 9.97 Å². The molecule has 1 aromatic carbocycles. The van der Waals surface area contributed by atoms with Gasteiger partial charge in [-0.1, -0.05) is 24.3 Å². The predicted molar refractivity (Wildman–Crippen MR) is 75.7 cm³/mol. The van der Waals surface area contributed by atoms with E-state index in [4.69, 9.17) is 5.73 Å². The molecule has 2 heterocycles. The third kappa shape index (κ3) is 2.50. The van der Waals surface area contributed by atoms with Gasteiger partial charge in [0.05, 0.1) is 4.88 Å². The third-order valence-electron chi connectivity index (χ3n) is 3.03. The molecule has 0 spiro atoms. The SMILES string of the molecule is NCc1sc(-c2nccc3ccccc23)nc1C(F)(F)F. The quantitative estimate of drug-likeness (QED) is 0.782. The second kappa shape index (κ2) is 5.09. The van der Waals surface area contributed by atoms with Gasteiger partial charge in [-0.25, -0.2) is 4.98 Å². The van der Waals surface area contributed by atoms with Crippen molar-refractivity contribution in [3.8, 4) is 10.7 Å². The van der Waals surface area contributed by atoms with Crippen LogP contribution in [0.5, 0.6) is 0 Å². The van der Waals surface area contributed by atoms with Gasteiger partial charge in [0.1, 0.15) is 10.7 Å². The molecule has 21 heavy (non-hydrogen) atoms. The summed E-state index contributed by atoms with van der Waals surface area (Å²) in [7, 11) is 0. The molecule has 0 atom stereocenters. The van der Waals surface area contributed by atoms with Crippen molar-refractivity contribution >= 4 is 22.1 Å². The summed E-state index contributed by atoms with van der Waals surface area (Å²) in [6.45, 7) is -0.197. The second-order valence-corrected chi connectivity index (χ2v) is 5.46. The van der Waals surface area contributed by atoms with Crippen molar-refractivity contribution in [2.24, 2.45) is 5.73 Å². The minimum absolute atomic E-state index is 0.0206. The minimum atomic E-state index is -4.51. The number of benzene rings is 1. The lowest BCUT2D eigenvalue weighted by atomic mass is 10.1. The highest BCUT2D eigenvalue weighted by atomic mass is 32.1. The molecule has 7 heteroatoms. The lowest BCUT2D eigenvalue weighted by Gasteiger charge is -2.04. The Kier molecular flexibility index (Phi) is 3.38. The molecule has 3 rings (SSSR count). The molecule has 0 aliphatic carbocycles. The largest absolute Gasteiger partial charge is 0.434 e. The number of rotatable bonds is 2. The molecule has 0 saturated carbocycles. The number of fused-ring (bicyclic) bond motifs is 1. The smallest absolute Gasteiger partial charge is 0.326 e. The first-order valence-corrected chi connectivity index (χ1v) is 6.93. The number of thiazole rings is 1. The molecule has 0 fully saturated rings. The number of alkyl halides is 3. The van der Waals surface area contributed by atoms with Gasteiger partial charge in [-0.15, -0.1) is 11.3 Å². The molecule has 0 aliphatic heterocycles. The monoisotopic (exact) mass is 309 g/mol. The Morgan fingerprint density at radius 2 is 1.90 bits per heavy atom. The fraction of sp³-hybridized carbons (Fsp3) is 0.143. The summed E-state index contributed by atoms with van der Waals surface area (Å²) in [6, 6.07) is 9.17. The number of nitrogens with two attached hydrogens (primary N) is 1. The summed E-state index contributed by atoms with van der Waals surface area (Å²) < 4.78 is 38.8. The summed E-state index contributed by atoms with van der Waals surface area (Å²) in [5.74, 6) is 0. The van der Waals surface area contributed by atoms with Crippen LogP contribution in [0.15, 0.2) is 36.5 Å². The average Bonchev–Trinajstić information content (AvgIpc) is 2.91. The van der Waals surface area contributed by atoms with Crippen LogP contribution in [0.25, 0.3) is 21.5 Å². The second-order valence-electron chi connectivity index (χ2n) is 4.37. The Hall–Kier alpha value is -1.99. The summed E-state index contributed by atoms with van der Waals surface area (Å²) in [5, 5.41) is 1.91. The van der Waals surface area contributed by atoms with Crippen molar-refractivity contribution in [3.05, 3.63) is 47.1 Å². The first kappa shape index (κ1) is 14.0. The number of pyridine rings is 1. The molecule has 0 amide bonds. The summed E-state index contributed by atoms with van der Waals surface area (Å²) in [4.78, 5) is 7.93. The first-order chi connectivity index (χ1) is 10.0. The number of aromatic nitrogens is 2. The van der Waals surface area contributed by atoms with Crippen LogP contribution in [-0.2, 0) is 12.7 Å². The molecule has 0 aliphatic rings. The van der Waals surface area contributed by atoms with Gasteiger partial charge < -0.3 is 5.73 Å². The Morgan fingerprint density at radius 1 is 1.14 bits per heavy atom. The minimum Gasteiger partial charge on any atom is -0.326 e. The summed E-state index contributed by atoms with van der Waals surface area (Å²) in [6.07, 6.45) is -2.94. The van der Waals surface area contributed by atoms with Crippen LogP contribution in [0.3, 0.4) is 0 Å². The van der Waals surface area contributed by atoms with Crippen molar-refractivity contribution in [1.82, 2.24) is 9.97 Å². The lowest BCUT2D eigenvalue weighted by molar-refractivity contribution is -0.141. The van der Waals surface area contributed by atoms with Crippen molar-refractivity contribution in [2.45, 2.75) is 12.7 Å². The van der Waals surface area contributed by atoms with Gasteiger partial charge in [0, 0.05) is 18.1 Å². The fourth-order valence-electron chi connectivity index (χ4n) is 2.10. The van der Waals surface area contributed by atoms with Gasteiger partial charge >= 0.3 is 6.18 Å². The third-order valence-corrected chi connectivity index (χ3v) is 4.11. The van der Waals surface area contributed by atoms with E-state index in [1.165, 1.54) is 0 Å². The molecule has 0 unspecified atom stereocenters. The topological polar surface area (TPSA) is 51.8 Å². The van der Waals surface area contributed by atoms with Gasteiger partial charge in [-0.05, 0) is 11.5 Å². The Labute approximate surface area is 122 Å². The average molecular weight is 309 g/mol. The van der Waals surface area contributed by atoms with Gasteiger partial charge in [0.2, 0.25) is 0 Å². The maximum absolute atomic E-state index is 12.9. The molecule has 2 N–H and O–H groups in total. The van der Waals surface area contributed by atoms with Crippen molar-refractivity contribution < 1.29 is 13.2 Å². The van der Waals surface area contributed by atoms with Crippen molar-refractivity contribution in [3.63, 3.8) is 0 Å². The lowest BCUT2D eigenvalue weighted by Crippen LogP contribution is -2.10. The Morgan fingerprint density at radius 3 is 2.57 bits per heavy atom. The molecular formula is C14H10F3N3S. The number of hydrogen-bond donors (Lipinski definition) is 1. The van der Waals surface area contributed by atoms with E-state index in [0.29, 0.717) is 5.69 Å². The molecule has 3 nitrogen and oxygen atoms in total. The molecule has 108 valence electrons. The van der Waals surface area contributed by atoms with E-state index in [0.717, 1.165) is 22.1 Å². The Balaban J connectivity index is 2.22. The highest BCUT2D eigenvalue weighted by Crippen LogP contribution is 2.38.